The van der Waals surface area contributed by atoms with Crippen molar-refractivity contribution in [1.29, 1.82) is 0 Å². The van der Waals surface area contributed by atoms with Crippen LogP contribution >= 0.6 is 12.4 Å². The highest BCUT2D eigenvalue weighted by molar-refractivity contribution is 5.85. The van der Waals surface area contributed by atoms with Crippen molar-refractivity contribution in [2.45, 2.75) is 25.7 Å². The molecular formula is C18H23ClFN3O2. The molecule has 1 atom stereocenters. The lowest BCUT2D eigenvalue weighted by atomic mass is 10.0. The molecule has 1 aliphatic heterocycles. The van der Waals surface area contributed by atoms with Crippen LogP contribution in [-0.4, -0.2) is 30.5 Å². The lowest BCUT2D eigenvalue weighted by molar-refractivity contribution is -0.121. The molecule has 3 rings (SSSR count). The zero-order chi connectivity index (χ0) is 16.8. The molecule has 0 radical (unpaired) electrons. The Balaban J connectivity index is 0.00000225. The molecule has 25 heavy (non-hydrogen) atoms. The Hall–Kier alpha value is -1.92. The van der Waals surface area contributed by atoms with Gasteiger partial charge in [-0.1, -0.05) is 0 Å². The average Bonchev–Trinajstić information content (AvgIpc) is 3.25. The van der Waals surface area contributed by atoms with Gasteiger partial charge in [0.2, 0.25) is 11.8 Å². The van der Waals surface area contributed by atoms with Gasteiger partial charge in [0.25, 0.3) is 0 Å². The highest BCUT2D eigenvalue weighted by Gasteiger charge is 2.15. The average molecular weight is 368 g/mol. The molecule has 1 aromatic carbocycles. The number of hydrogen-bond donors (Lipinski definition) is 2. The molecule has 5 nitrogen and oxygen atoms in total. The van der Waals surface area contributed by atoms with Crippen molar-refractivity contribution in [3.63, 3.8) is 0 Å². The topological polar surface area (TPSA) is 67.2 Å². The van der Waals surface area contributed by atoms with Crippen LogP contribution in [0.5, 0.6) is 0 Å². The van der Waals surface area contributed by atoms with Gasteiger partial charge in [0.1, 0.15) is 12.1 Å². The number of oxazole rings is 1. The summed E-state index contributed by atoms with van der Waals surface area (Å²) in [4.78, 5) is 16.2. The second kappa shape index (κ2) is 9.53. The van der Waals surface area contributed by atoms with Crippen LogP contribution in [0, 0.1) is 11.7 Å². The SMILES string of the molecule is Cl.O=C(CCC1CCNC1)NCCc1coc(-c2ccc(F)cc2)n1. The van der Waals surface area contributed by atoms with Crippen LogP contribution < -0.4 is 10.6 Å². The van der Waals surface area contributed by atoms with Crippen LogP contribution in [0.2, 0.25) is 0 Å². The highest BCUT2D eigenvalue weighted by Crippen LogP contribution is 2.19. The lowest BCUT2D eigenvalue weighted by Crippen LogP contribution is -2.26. The van der Waals surface area contributed by atoms with Crippen molar-refractivity contribution in [3.05, 3.63) is 42.0 Å². The number of aromatic nitrogens is 1. The second-order valence-electron chi connectivity index (χ2n) is 6.15. The van der Waals surface area contributed by atoms with E-state index < -0.39 is 0 Å². The minimum atomic E-state index is -0.290. The fourth-order valence-corrected chi connectivity index (χ4v) is 2.86. The van der Waals surface area contributed by atoms with Crippen LogP contribution in [0.3, 0.4) is 0 Å². The predicted octanol–water partition coefficient (Wildman–Crippen LogP) is 2.95. The summed E-state index contributed by atoms with van der Waals surface area (Å²) in [5.41, 5.74) is 1.51. The Morgan fingerprint density at radius 3 is 2.88 bits per heavy atom. The summed E-state index contributed by atoms with van der Waals surface area (Å²) in [6, 6.07) is 6.01. The predicted molar refractivity (Wildman–Crippen MR) is 96.1 cm³/mol. The minimum Gasteiger partial charge on any atom is -0.444 e. The first kappa shape index (κ1) is 19.4. The number of nitrogens with zero attached hydrogens (tertiary/aromatic N) is 1. The number of rotatable bonds is 7. The lowest BCUT2D eigenvalue weighted by Gasteiger charge is -2.08. The number of halogens is 2. The number of amides is 1. The Labute approximate surface area is 152 Å². The van der Waals surface area contributed by atoms with E-state index >= 15 is 0 Å². The van der Waals surface area contributed by atoms with Crippen LogP contribution in [0.4, 0.5) is 4.39 Å². The molecule has 1 fully saturated rings. The van der Waals surface area contributed by atoms with Crippen molar-refractivity contribution in [2.75, 3.05) is 19.6 Å². The first-order chi connectivity index (χ1) is 11.7. The van der Waals surface area contributed by atoms with Gasteiger partial charge in [-0.25, -0.2) is 9.37 Å². The zero-order valence-corrected chi connectivity index (χ0v) is 14.8. The summed E-state index contributed by atoms with van der Waals surface area (Å²) in [5, 5.41) is 6.23. The maximum atomic E-state index is 12.9. The van der Waals surface area contributed by atoms with Gasteiger partial charge < -0.3 is 15.1 Å². The van der Waals surface area contributed by atoms with Crippen molar-refractivity contribution in [3.8, 4) is 11.5 Å². The van der Waals surface area contributed by atoms with E-state index in [4.69, 9.17) is 4.42 Å². The number of carbonyl (C=O) groups is 1. The molecular weight excluding hydrogens is 345 g/mol. The maximum Gasteiger partial charge on any atom is 0.226 e. The fraction of sp³-hybridized carbons (Fsp3) is 0.444. The number of carbonyl (C=O) groups excluding carboxylic acids is 1. The second-order valence-corrected chi connectivity index (χ2v) is 6.15. The normalized spacial score (nSPS) is 16.4. The number of nitrogens with one attached hydrogen (secondary N) is 2. The summed E-state index contributed by atoms with van der Waals surface area (Å²) < 4.78 is 18.3. The van der Waals surface area contributed by atoms with Gasteiger partial charge >= 0.3 is 0 Å². The fourth-order valence-electron chi connectivity index (χ4n) is 2.86. The van der Waals surface area contributed by atoms with Crippen molar-refractivity contribution in [2.24, 2.45) is 5.92 Å². The summed E-state index contributed by atoms with van der Waals surface area (Å²) in [5.74, 6) is 0.889. The maximum absolute atomic E-state index is 12.9. The number of hydrogen-bond acceptors (Lipinski definition) is 4. The molecule has 2 N–H and O–H groups in total. The van der Waals surface area contributed by atoms with E-state index in [0.29, 0.717) is 31.2 Å². The third-order valence-electron chi connectivity index (χ3n) is 4.29. The van der Waals surface area contributed by atoms with E-state index in [1.807, 2.05) is 0 Å². The molecule has 1 aliphatic rings. The molecule has 1 saturated heterocycles. The van der Waals surface area contributed by atoms with Crippen LogP contribution in [0.15, 0.2) is 34.9 Å². The molecule has 0 aliphatic carbocycles. The summed E-state index contributed by atoms with van der Waals surface area (Å²) in [7, 11) is 0. The minimum absolute atomic E-state index is 0. The summed E-state index contributed by atoms with van der Waals surface area (Å²) in [6.45, 7) is 2.63. The van der Waals surface area contributed by atoms with E-state index in [2.05, 4.69) is 15.6 Å². The molecule has 136 valence electrons. The van der Waals surface area contributed by atoms with Crippen LogP contribution in [0.1, 0.15) is 25.0 Å². The van der Waals surface area contributed by atoms with Crippen molar-refractivity contribution >= 4 is 18.3 Å². The molecule has 2 aromatic rings. The Morgan fingerprint density at radius 2 is 2.16 bits per heavy atom. The first-order valence-corrected chi connectivity index (χ1v) is 8.38. The molecule has 0 saturated carbocycles. The van der Waals surface area contributed by atoms with Gasteiger partial charge in [-0.2, -0.15) is 0 Å². The third kappa shape index (κ3) is 5.83. The Bertz CT molecular complexity index is 669. The van der Waals surface area contributed by atoms with E-state index in [1.165, 1.54) is 18.6 Å². The van der Waals surface area contributed by atoms with Crippen LogP contribution in [0.25, 0.3) is 11.5 Å². The largest absolute Gasteiger partial charge is 0.444 e. The van der Waals surface area contributed by atoms with E-state index in [-0.39, 0.29) is 24.1 Å². The van der Waals surface area contributed by atoms with Crippen LogP contribution in [-0.2, 0) is 11.2 Å². The monoisotopic (exact) mass is 367 g/mol. The van der Waals surface area contributed by atoms with Gasteiger partial charge in [0, 0.05) is 24.9 Å². The molecule has 0 spiro atoms. The molecule has 1 unspecified atom stereocenters. The highest BCUT2D eigenvalue weighted by atomic mass is 35.5. The molecule has 1 aromatic heterocycles. The zero-order valence-electron chi connectivity index (χ0n) is 14.0. The van der Waals surface area contributed by atoms with Gasteiger partial charge in [0.05, 0.1) is 5.69 Å². The van der Waals surface area contributed by atoms with Gasteiger partial charge in [0.15, 0.2) is 0 Å². The summed E-state index contributed by atoms with van der Waals surface area (Å²) in [6.07, 6.45) is 4.87. The Kier molecular flexibility index (Phi) is 7.40. The summed E-state index contributed by atoms with van der Waals surface area (Å²) >= 11 is 0. The molecule has 1 amide bonds. The van der Waals surface area contributed by atoms with Gasteiger partial charge in [-0.05, 0) is 56.1 Å². The smallest absolute Gasteiger partial charge is 0.226 e. The standard InChI is InChI=1S/C18H22FN3O2.ClH/c19-15-4-2-14(3-5-15)18-22-16(12-24-18)8-10-21-17(23)6-1-13-7-9-20-11-13;/h2-5,12-13,20H,1,6-11H2,(H,21,23);1H. The van der Waals surface area contributed by atoms with Crippen molar-refractivity contribution < 1.29 is 13.6 Å². The van der Waals surface area contributed by atoms with E-state index in [9.17, 15) is 9.18 Å². The Morgan fingerprint density at radius 1 is 1.36 bits per heavy atom. The van der Waals surface area contributed by atoms with Crippen molar-refractivity contribution in [1.82, 2.24) is 15.6 Å². The number of benzene rings is 1. The molecule has 7 heteroatoms. The molecule has 0 bridgehead atoms. The first-order valence-electron chi connectivity index (χ1n) is 8.38. The third-order valence-corrected chi connectivity index (χ3v) is 4.29. The molecule has 2 heterocycles. The van der Waals surface area contributed by atoms with E-state index in [1.54, 1.807) is 18.4 Å². The van der Waals surface area contributed by atoms with Gasteiger partial charge in [-0.15, -0.1) is 12.4 Å². The quantitative estimate of drug-likeness (QED) is 0.789. The van der Waals surface area contributed by atoms with E-state index in [0.717, 1.165) is 30.8 Å². The van der Waals surface area contributed by atoms with Gasteiger partial charge in [-0.3, -0.25) is 4.79 Å².